The first kappa shape index (κ1) is 16.0. The Morgan fingerprint density at radius 2 is 1.41 bits per heavy atom. The summed E-state index contributed by atoms with van der Waals surface area (Å²) in [7, 11) is 4.14. The highest BCUT2D eigenvalue weighted by Gasteiger charge is 2.17. The minimum Gasteiger partial charge on any atom is -0.392 e. The van der Waals surface area contributed by atoms with E-state index < -0.39 is 0 Å². The molecule has 0 unspecified atom stereocenters. The Labute approximate surface area is 157 Å². The van der Waals surface area contributed by atoms with Crippen LogP contribution in [0.5, 0.6) is 0 Å². The van der Waals surface area contributed by atoms with Gasteiger partial charge in [-0.15, -0.1) is 0 Å². The van der Waals surface area contributed by atoms with E-state index >= 15 is 0 Å². The molecule has 2 N–H and O–H groups in total. The zero-order valence-corrected chi connectivity index (χ0v) is 15.4. The van der Waals surface area contributed by atoms with Crippen molar-refractivity contribution in [3.63, 3.8) is 0 Å². The lowest BCUT2D eigenvalue weighted by atomic mass is 9.98. The Kier molecular flexibility index (Phi) is 3.49. The van der Waals surface area contributed by atoms with E-state index in [1.54, 1.807) is 0 Å². The minimum absolute atomic E-state index is 0.0574. The molecule has 0 aliphatic rings. The predicted octanol–water partition coefficient (Wildman–Crippen LogP) is 4.82. The number of nitrogens with one attached hydrogen (secondary N) is 1. The third kappa shape index (κ3) is 2.34. The molecule has 4 nitrogen and oxygen atoms in total. The number of para-hydroxylation sites is 1. The number of fused-ring (bicyclic) bond motifs is 2. The highest BCUT2D eigenvalue weighted by Crippen LogP contribution is 2.40. The number of aryl methyl sites for hydroxylation is 2. The third-order valence-corrected chi connectivity index (χ3v) is 5.46. The van der Waals surface area contributed by atoms with Crippen LogP contribution in [0.4, 0.5) is 0 Å². The number of rotatable bonds is 3. The third-order valence-electron chi connectivity index (χ3n) is 5.46. The Bertz CT molecular complexity index is 1290. The highest BCUT2D eigenvalue weighted by molar-refractivity contribution is 6.04. The van der Waals surface area contributed by atoms with Crippen molar-refractivity contribution < 1.29 is 5.11 Å². The average molecular weight is 355 g/mol. The molecule has 0 spiro atoms. The van der Waals surface area contributed by atoms with Gasteiger partial charge in [0, 0.05) is 82.9 Å². The molecule has 3 aromatic heterocycles. The normalized spacial score (nSPS) is 11.7. The Morgan fingerprint density at radius 3 is 2.11 bits per heavy atom. The van der Waals surface area contributed by atoms with Gasteiger partial charge in [0.05, 0.1) is 6.61 Å². The van der Waals surface area contributed by atoms with Crippen LogP contribution in [0.15, 0.2) is 67.3 Å². The second-order valence-electron chi connectivity index (χ2n) is 7.12. The number of aliphatic hydroxyl groups is 1. The fourth-order valence-electron chi connectivity index (χ4n) is 4.11. The fraction of sp³-hybridized carbons (Fsp3) is 0.130. The lowest BCUT2D eigenvalue weighted by Crippen LogP contribution is -1.86. The van der Waals surface area contributed by atoms with Crippen molar-refractivity contribution in [3.05, 3.63) is 72.8 Å². The predicted molar refractivity (Wildman–Crippen MR) is 111 cm³/mol. The zero-order valence-electron chi connectivity index (χ0n) is 15.4. The van der Waals surface area contributed by atoms with E-state index in [1.165, 1.54) is 38.5 Å². The first-order chi connectivity index (χ1) is 13.2. The number of aromatic amines is 1. The van der Waals surface area contributed by atoms with Crippen molar-refractivity contribution in [1.29, 1.82) is 0 Å². The highest BCUT2D eigenvalue weighted by atomic mass is 16.3. The number of hydrogen-bond donors (Lipinski definition) is 2. The van der Waals surface area contributed by atoms with Crippen LogP contribution in [0, 0.1) is 0 Å². The van der Waals surface area contributed by atoms with E-state index in [2.05, 4.69) is 89.4 Å². The van der Waals surface area contributed by atoms with Gasteiger partial charge in [0.2, 0.25) is 0 Å². The van der Waals surface area contributed by atoms with Gasteiger partial charge in [0.25, 0.3) is 0 Å². The van der Waals surface area contributed by atoms with E-state index in [-0.39, 0.29) is 6.61 Å². The molecular formula is C23H21N3O. The van der Waals surface area contributed by atoms with Gasteiger partial charge in [-0.1, -0.05) is 30.3 Å². The van der Waals surface area contributed by atoms with Crippen molar-refractivity contribution in [2.24, 2.45) is 14.1 Å². The Hall–Kier alpha value is -3.24. The molecule has 0 amide bonds. The molecule has 0 aliphatic heterocycles. The quantitative estimate of drug-likeness (QED) is 0.479. The number of H-pyrrole nitrogens is 1. The second kappa shape index (κ2) is 5.89. The average Bonchev–Trinajstić information content (AvgIpc) is 3.38. The van der Waals surface area contributed by atoms with Gasteiger partial charge in [0.15, 0.2) is 0 Å². The van der Waals surface area contributed by atoms with Gasteiger partial charge in [-0.05, 0) is 17.7 Å². The molecular weight excluding hydrogens is 334 g/mol. The molecule has 3 heterocycles. The number of aliphatic hydroxyl groups excluding tert-OH is 1. The smallest absolute Gasteiger partial charge is 0.0682 e. The van der Waals surface area contributed by atoms with Gasteiger partial charge in [-0.3, -0.25) is 0 Å². The zero-order chi connectivity index (χ0) is 18.5. The van der Waals surface area contributed by atoms with Crippen molar-refractivity contribution in [3.8, 4) is 22.3 Å². The van der Waals surface area contributed by atoms with E-state index in [0.29, 0.717) is 0 Å². The topological polar surface area (TPSA) is 45.9 Å². The van der Waals surface area contributed by atoms with E-state index in [9.17, 15) is 5.11 Å². The fourth-order valence-corrected chi connectivity index (χ4v) is 4.11. The first-order valence-electron chi connectivity index (χ1n) is 9.08. The van der Waals surface area contributed by atoms with Crippen LogP contribution >= 0.6 is 0 Å². The number of nitrogens with zero attached hydrogens (tertiary/aromatic N) is 2. The van der Waals surface area contributed by atoms with Crippen LogP contribution in [-0.2, 0) is 20.7 Å². The summed E-state index contributed by atoms with van der Waals surface area (Å²) >= 11 is 0. The molecule has 5 rings (SSSR count). The molecule has 134 valence electrons. The van der Waals surface area contributed by atoms with Gasteiger partial charge in [-0.2, -0.15) is 0 Å². The maximum atomic E-state index is 9.46. The number of benzene rings is 2. The molecule has 0 fully saturated rings. The first-order valence-corrected chi connectivity index (χ1v) is 9.08. The lowest BCUT2D eigenvalue weighted by Gasteiger charge is -2.03. The number of hydrogen-bond acceptors (Lipinski definition) is 1. The second-order valence-corrected chi connectivity index (χ2v) is 7.12. The molecule has 0 saturated heterocycles. The summed E-state index contributed by atoms with van der Waals surface area (Å²) in [6.45, 7) is 0.0574. The van der Waals surface area contributed by atoms with Gasteiger partial charge >= 0.3 is 0 Å². The summed E-state index contributed by atoms with van der Waals surface area (Å²) in [5, 5.41) is 11.9. The largest absolute Gasteiger partial charge is 0.392 e. The van der Waals surface area contributed by atoms with Crippen LogP contribution in [0.1, 0.15) is 5.56 Å². The van der Waals surface area contributed by atoms with Gasteiger partial charge in [-0.25, -0.2) is 0 Å². The van der Waals surface area contributed by atoms with Crippen LogP contribution in [0.25, 0.3) is 44.1 Å². The summed E-state index contributed by atoms with van der Waals surface area (Å²) in [5.74, 6) is 0. The van der Waals surface area contributed by atoms with Crippen LogP contribution in [-0.4, -0.2) is 19.2 Å². The molecule has 2 aromatic carbocycles. The van der Waals surface area contributed by atoms with E-state index in [1.807, 2.05) is 6.07 Å². The molecule has 0 aliphatic carbocycles. The molecule has 27 heavy (non-hydrogen) atoms. The van der Waals surface area contributed by atoms with Gasteiger partial charge in [0.1, 0.15) is 0 Å². The summed E-state index contributed by atoms with van der Waals surface area (Å²) in [6.07, 6.45) is 8.53. The molecule has 0 bridgehead atoms. The monoisotopic (exact) mass is 355 g/mol. The Morgan fingerprint density at radius 1 is 0.778 bits per heavy atom. The van der Waals surface area contributed by atoms with Gasteiger partial charge < -0.3 is 19.2 Å². The van der Waals surface area contributed by atoms with E-state index in [4.69, 9.17) is 0 Å². The van der Waals surface area contributed by atoms with E-state index in [0.717, 1.165) is 11.1 Å². The lowest BCUT2D eigenvalue weighted by molar-refractivity contribution is 0.282. The van der Waals surface area contributed by atoms with Crippen LogP contribution in [0.2, 0.25) is 0 Å². The molecule has 0 radical (unpaired) electrons. The molecule has 4 heteroatoms. The Balaban J connectivity index is 1.76. The summed E-state index contributed by atoms with van der Waals surface area (Å²) < 4.78 is 4.31. The van der Waals surface area contributed by atoms with Crippen LogP contribution in [0.3, 0.4) is 0 Å². The van der Waals surface area contributed by atoms with Crippen molar-refractivity contribution in [2.75, 3.05) is 0 Å². The maximum absolute atomic E-state index is 9.46. The molecule has 0 atom stereocenters. The SMILES string of the molecule is Cn1cc(-c2c[nH]cc2-c2cn(C)c3cc(CO)ccc23)c2ccccc21. The maximum Gasteiger partial charge on any atom is 0.0682 e. The summed E-state index contributed by atoms with van der Waals surface area (Å²) in [6, 6.07) is 14.7. The minimum atomic E-state index is 0.0574. The van der Waals surface area contributed by atoms with Crippen molar-refractivity contribution in [2.45, 2.75) is 6.61 Å². The standard InChI is InChI=1S/C23H21N3O/c1-25-12-20(16-5-3-4-6-22(16)25)18-10-24-11-19(18)21-13-26(2)23-9-15(14-27)7-8-17(21)23/h3-13,24,27H,14H2,1-2H3. The summed E-state index contributed by atoms with van der Waals surface area (Å²) in [4.78, 5) is 3.31. The molecule has 5 aromatic rings. The summed E-state index contributed by atoms with van der Waals surface area (Å²) in [5.41, 5.74) is 8.10. The van der Waals surface area contributed by atoms with Crippen LogP contribution < -0.4 is 0 Å². The van der Waals surface area contributed by atoms with Crippen molar-refractivity contribution in [1.82, 2.24) is 14.1 Å². The molecule has 0 saturated carbocycles. The number of aromatic nitrogens is 3. The van der Waals surface area contributed by atoms with Crippen molar-refractivity contribution >= 4 is 21.8 Å².